The molecule has 1 aromatic carbocycles. The van der Waals surface area contributed by atoms with Gasteiger partial charge in [0.05, 0.1) is 6.04 Å². The van der Waals surface area contributed by atoms with E-state index in [1.54, 1.807) is 17.0 Å². The third kappa shape index (κ3) is 2.22. The average Bonchev–Trinajstić information content (AvgIpc) is 2.87. The van der Waals surface area contributed by atoms with Gasteiger partial charge in [-0.05, 0) is 37.1 Å². The fraction of sp³-hybridized carbons (Fsp3) is 0.333. The second kappa shape index (κ2) is 4.95. The number of amides is 1. The summed E-state index contributed by atoms with van der Waals surface area (Å²) in [7, 11) is 0. The molecule has 0 aliphatic carbocycles. The lowest BCUT2D eigenvalue weighted by molar-refractivity contribution is 0.0768. The highest BCUT2D eigenvalue weighted by molar-refractivity contribution is 5.98. The molecule has 1 saturated heterocycles. The molecule has 4 N–H and O–H groups in total. The van der Waals surface area contributed by atoms with Crippen molar-refractivity contribution >= 4 is 11.7 Å². The van der Waals surface area contributed by atoms with Crippen molar-refractivity contribution in [1.29, 1.82) is 0 Å². The minimum atomic E-state index is -0.351. The van der Waals surface area contributed by atoms with Gasteiger partial charge in [-0.15, -0.1) is 0 Å². The molecule has 18 heavy (non-hydrogen) atoms. The van der Waals surface area contributed by atoms with Crippen molar-refractivity contribution in [2.75, 3.05) is 6.54 Å². The number of benzene rings is 1. The van der Waals surface area contributed by atoms with Gasteiger partial charge in [0.2, 0.25) is 0 Å². The first-order valence-electron chi connectivity index (χ1n) is 5.71. The van der Waals surface area contributed by atoms with Gasteiger partial charge in [-0.1, -0.05) is 5.16 Å². The molecule has 1 amide bonds. The smallest absolute Gasteiger partial charge is 0.254 e. The van der Waals surface area contributed by atoms with E-state index < -0.39 is 0 Å². The van der Waals surface area contributed by atoms with Crippen LogP contribution in [-0.2, 0) is 0 Å². The van der Waals surface area contributed by atoms with Crippen LogP contribution in [0.3, 0.4) is 0 Å². The number of oxime groups is 1. The maximum absolute atomic E-state index is 12.2. The predicted octanol–water partition coefficient (Wildman–Crippen LogP) is 0.743. The van der Waals surface area contributed by atoms with Crippen molar-refractivity contribution in [1.82, 2.24) is 4.90 Å². The van der Waals surface area contributed by atoms with Crippen LogP contribution in [0.25, 0.3) is 0 Å². The molecule has 1 heterocycles. The second-order valence-corrected chi connectivity index (χ2v) is 4.23. The number of nitrogens with zero attached hydrogens (tertiary/aromatic N) is 2. The summed E-state index contributed by atoms with van der Waals surface area (Å²) in [6.45, 7) is 0.584. The van der Waals surface area contributed by atoms with Crippen molar-refractivity contribution in [2.24, 2.45) is 10.9 Å². The summed E-state index contributed by atoms with van der Waals surface area (Å²) in [5.74, 6) is -0.00955. The Labute approximate surface area is 104 Å². The van der Waals surface area contributed by atoms with Crippen molar-refractivity contribution in [3.8, 4) is 5.75 Å². The van der Waals surface area contributed by atoms with Crippen molar-refractivity contribution in [3.05, 3.63) is 29.8 Å². The molecule has 6 heteroatoms. The zero-order valence-electron chi connectivity index (χ0n) is 9.78. The molecular formula is C12H15N3O3. The van der Waals surface area contributed by atoms with Gasteiger partial charge in [0, 0.05) is 12.1 Å². The molecule has 1 atom stereocenters. The van der Waals surface area contributed by atoms with Gasteiger partial charge in [0.25, 0.3) is 5.91 Å². The van der Waals surface area contributed by atoms with Gasteiger partial charge in [0.15, 0.2) is 5.84 Å². The van der Waals surface area contributed by atoms with Crippen LogP contribution in [0.15, 0.2) is 29.4 Å². The Kier molecular flexibility index (Phi) is 3.36. The summed E-state index contributed by atoms with van der Waals surface area (Å²) in [6, 6.07) is 5.68. The lowest BCUT2D eigenvalue weighted by atomic mass is 10.1. The number of carbonyl (C=O) groups excluding carboxylic acids is 1. The lowest BCUT2D eigenvalue weighted by Gasteiger charge is -2.23. The SMILES string of the molecule is NC(=NO)C1CCCN1C(=O)c1ccc(O)cc1. The van der Waals surface area contributed by atoms with Gasteiger partial charge in [-0.3, -0.25) is 4.79 Å². The third-order valence-electron chi connectivity index (χ3n) is 3.08. The van der Waals surface area contributed by atoms with Crippen LogP contribution in [-0.4, -0.2) is 39.5 Å². The predicted molar refractivity (Wildman–Crippen MR) is 65.6 cm³/mol. The molecule has 0 spiro atoms. The standard InChI is InChI=1S/C12H15N3O3/c13-11(14-18)10-2-1-7-15(10)12(17)8-3-5-9(16)6-4-8/h3-6,10,16,18H,1-2,7H2,(H2,13,14). The van der Waals surface area contributed by atoms with Crippen molar-refractivity contribution < 1.29 is 15.1 Å². The number of amidine groups is 1. The lowest BCUT2D eigenvalue weighted by Crippen LogP contribution is -2.43. The summed E-state index contributed by atoms with van der Waals surface area (Å²) in [5, 5.41) is 20.9. The quantitative estimate of drug-likeness (QED) is 0.311. The largest absolute Gasteiger partial charge is 0.508 e. The molecule has 6 nitrogen and oxygen atoms in total. The number of phenolic OH excluding ortho intramolecular Hbond substituents is 1. The van der Waals surface area contributed by atoms with Gasteiger partial charge < -0.3 is 20.9 Å². The van der Waals surface area contributed by atoms with E-state index >= 15 is 0 Å². The zero-order chi connectivity index (χ0) is 13.1. The molecule has 1 aliphatic rings. The van der Waals surface area contributed by atoms with Crippen LogP contribution in [0.4, 0.5) is 0 Å². The van der Waals surface area contributed by atoms with E-state index in [-0.39, 0.29) is 23.5 Å². The third-order valence-corrected chi connectivity index (χ3v) is 3.08. The Balaban J connectivity index is 2.20. The van der Waals surface area contributed by atoms with Crippen molar-refractivity contribution in [2.45, 2.75) is 18.9 Å². The molecule has 1 aromatic rings. The fourth-order valence-electron chi connectivity index (χ4n) is 2.15. The maximum Gasteiger partial charge on any atom is 0.254 e. The molecule has 1 fully saturated rings. The van der Waals surface area contributed by atoms with Gasteiger partial charge in [0.1, 0.15) is 5.75 Å². The summed E-state index contributed by atoms with van der Waals surface area (Å²) in [6.07, 6.45) is 1.52. The number of hydrogen-bond acceptors (Lipinski definition) is 4. The highest BCUT2D eigenvalue weighted by atomic mass is 16.4. The van der Waals surface area contributed by atoms with E-state index in [0.29, 0.717) is 18.5 Å². The van der Waals surface area contributed by atoms with Gasteiger partial charge in [-0.25, -0.2) is 0 Å². The van der Waals surface area contributed by atoms with Gasteiger partial charge in [-0.2, -0.15) is 0 Å². The second-order valence-electron chi connectivity index (χ2n) is 4.23. The minimum absolute atomic E-state index is 0.0552. The summed E-state index contributed by atoms with van der Waals surface area (Å²) in [4.78, 5) is 13.8. The molecule has 96 valence electrons. The minimum Gasteiger partial charge on any atom is -0.508 e. The van der Waals surface area contributed by atoms with Crippen LogP contribution < -0.4 is 5.73 Å². The molecule has 0 saturated carbocycles. The monoisotopic (exact) mass is 249 g/mol. The van der Waals surface area contributed by atoms with E-state index in [2.05, 4.69) is 5.16 Å². The fourth-order valence-corrected chi connectivity index (χ4v) is 2.15. The molecule has 0 aromatic heterocycles. The van der Waals surface area contributed by atoms with Crippen LogP contribution in [0.2, 0.25) is 0 Å². The van der Waals surface area contributed by atoms with E-state index in [1.807, 2.05) is 0 Å². The van der Waals surface area contributed by atoms with Crippen LogP contribution in [0.5, 0.6) is 5.75 Å². The Morgan fingerprint density at radius 2 is 2.06 bits per heavy atom. The zero-order valence-corrected chi connectivity index (χ0v) is 9.78. The Morgan fingerprint density at radius 3 is 2.67 bits per heavy atom. The summed E-state index contributed by atoms with van der Waals surface area (Å²) >= 11 is 0. The average molecular weight is 249 g/mol. The molecule has 1 aliphatic heterocycles. The molecule has 1 unspecified atom stereocenters. The number of likely N-dealkylation sites (tertiary alicyclic amines) is 1. The highest BCUT2D eigenvalue weighted by Crippen LogP contribution is 2.21. The summed E-state index contributed by atoms with van der Waals surface area (Å²) in [5.41, 5.74) is 6.05. The highest BCUT2D eigenvalue weighted by Gasteiger charge is 2.32. The molecule has 2 rings (SSSR count). The first-order chi connectivity index (χ1) is 8.63. The van der Waals surface area contributed by atoms with Crippen LogP contribution in [0.1, 0.15) is 23.2 Å². The number of carbonyl (C=O) groups is 1. The molecule has 0 radical (unpaired) electrons. The summed E-state index contributed by atoms with van der Waals surface area (Å²) < 4.78 is 0. The number of nitrogens with two attached hydrogens (primary N) is 1. The first-order valence-corrected chi connectivity index (χ1v) is 5.71. The molecule has 0 bridgehead atoms. The van der Waals surface area contributed by atoms with Crippen LogP contribution in [0, 0.1) is 0 Å². The van der Waals surface area contributed by atoms with Crippen molar-refractivity contribution in [3.63, 3.8) is 0 Å². The number of hydrogen-bond donors (Lipinski definition) is 3. The first kappa shape index (κ1) is 12.2. The number of rotatable bonds is 2. The number of phenols is 1. The van der Waals surface area contributed by atoms with E-state index in [9.17, 15) is 9.90 Å². The van der Waals surface area contributed by atoms with E-state index in [1.165, 1.54) is 12.1 Å². The topological polar surface area (TPSA) is 99.2 Å². The van der Waals surface area contributed by atoms with Crippen LogP contribution >= 0.6 is 0 Å². The molecular weight excluding hydrogens is 234 g/mol. The Bertz CT molecular complexity index is 470. The normalized spacial score (nSPS) is 20.1. The maximum atomic E-state index is 12.2. The Morgan fingerprint density at radius 1 is 1.39 bits per heavy atom. The number of aromatic hydroxyl groups is 1. The van der Waals surface area contributed by atoms with E-state index in [4.69, 9.17) is 10.9 Å². The Hall–Kier alpha value is -2.24. The van der Waals surface area contributed by atoms with Gasteiger partial charge >= 0.3 is 0 Å². The van der Waals surface area contributed by atoms with E-state index in [0.717, 1.165) is 6.42 Å².